The van der Waals surface area contributed by atoms with Crippen molar-refractivity contribution in [2.75, 3.05) is 7.11 Å². The third-order valence-electron chi connectivity index (χ3n) is 2.92. The van der Waals surface area contributed by atoms with Crippen molar-refractivity contribution in [3.63, 3.8) is 0 Å². The largest absolute Gasteiger partial charge is 0.463 e. The number of hydrogen-bond donors (Lipinski definition) is 1. The van der Waals surface area contributed by atoms with E-state index in [4.69, 9.17) is 4.42 Å². The lowest BCUT2D eigenvalue weighted by molar-refractivity contribution is 0.0563. The first-order valence-electron chi connectivity index (χ1n) is 5.98. The summed E-state index contributed by atoms with van der Waals surface area (Å²) in [6.07, 6.45) is 2.57. The number of rotatable bonds is 6. The standard InChI is InChI=1S/C13H21NO3/c1-5-11(9(2)3)14-8-10-6-7-17-12(10)13(15)16-4/h6-7,9,11,14H,5,8H2,1-4H3. The molecule has 0 bridgehead atoms. The van der Waals surface area contributed by atoms with Gasteiger partial charge in [0.2, 0.25) is 5.76 Å². The molecule has 1 aromatic rings. The van der Waals surface area contributed by atoms with E-state index in [0.29, 0.717) is 24.3 Å². The van der Waals surface area contributed by atoms with Crippen LogP contribution in [0.1, 0.15) is 43.3 Å². The smallest absolute Gasteiger partial charge is 0.374 e. The van der Waals surface area contributed by atoms with Crippen molar-refractivity contribution >= 4 is 5.97 Å². The molecule has 1 atom stereocenters. The molecule has 0 fully saturated rings. The molecule has 4 nitrogen and oxygen atoms in total. The van der Waals surface area contributed by atoms with E-state index in [1.807, 2.05) is 0 Å². The number of furan rings is 1. The molecule has 0 radical (unpaired) electrons. The fraction of sp³-hybridized carbons (Fsp3) is 0.615. The Morgan fingerprint density at radius 1 is 1.53 bits per heavy atom. The lowest BCUT2D eigenvalue weighted by Crippen LogP contribution is -2.32. The third kappa shape index (κ3) is 3.60. The number of esters is 1. The van der Waals surface area contributed by atoms with Gasteiger partial charge in [-0.05, 0) is 18.4 Å². The number of ether oxygens (including phenoxy) is 1. The Morgan fingerprint density at radius 2 is 2.24 bits per heavy atom. The number of methoxy groups -OCH3 is 1. The third-order valence-corrected chi connectivity index (χ3v) is 2.92. The van der Waals surface area contributed by atoms with Crippen LogP contribution >= 0.6 is 0 Å². The van der Waals surface area contributed by atoms with Gasteiger partial charge in [0.25, 0.3) is 0 Å². The Labute approximate surface area is 102 Å². The van der Waals surface area contributed by atoms with Crippen molar-refractivity contribution in [1.82, 2.24) is 5.32 Å². The Kier molecular flexibility index (Phi) is 5.22. The summed E-state index contributed by atoms with van der Waals surface area (Å²) < 4.78 is 9.78. The highest BCUT2D eigenvalue weighted by molar-refractivity contribution is 5.87. The van der Waals surface area contributed by atoms with E-state index >= 15 is 0 Å². The average Bonchev–Trinajstić information content (AvgIpc) is 2.76. The van der Waals surface area contributed by atoms with Gasteiger partial charge in [-0.2, -0.15) is 0 Å². The molecule has 0 spiro atoms. The minimum absolute atomic E-state index is 0.290. The van der Waals surface area contributed by atoms with Crippen molar-refractivity contribution in [3.05, 3.63) is 23.7 Å². The van der Waals surface area contributed by atoms with Crippen molar-refractivity contribution < 1.29 is 13.9 Å². The topological polar surface area (TPSA) is 51.5 Å². The molecule has 1 N–H and O–H groups in total. The summed E-state index contributed by atoms with van der Waals surface area (Å²) in [7, 11) is 1.35. The summed E-state index contributed by atoms with van der Waals surface area (Å²) in [6.45, 7) is 7.13. The molecular formula is C13H21NO3. The predicted octanol–water partition coefficient (Wildman–Crippen LogP) is 2.59. The molecular weight excluding hydrogens is 218 g/mol. The highest BCUT2D eigenvalue weighted by atomic mass is 16.5. The van der Waals surface area contributed by atoms with E-state index in [2.05, 4.69) is 30.8 Å². The van der Waals surface area contributed by atoms with Crippen LogP contribution in [0.3, 0.4) is 0 Å². The maximum atomic E-state index is 11.4. The van der Waals surface area contributed by atoms with Crippen LogP contribution in [0.15, 0.2) is 16.7 Å². The van der Waals surface area contributed by atoms with Crippen molar-refractivity contribution in [2.45, 2.75) is 39.8 Å². The monoisotopic (exact) mass is 239 g/mol. The second-order valence-electron chi connectivity index (χ2n) is 4.41. The minimum Gasteiger partial charge on any atom is -0.463 e. The molecule has 0 aliphatic rings. The quantitative estimate of drug-likeness (QED) is 0.775. The Hall–Kier alpha value is -1.29. The number of carbonyl (C=O) groups is 1. The van der Waals surface area contributed by atoms with E-state index in [9.17, 15) is 4.79 Å². The maximum absolute atomic E-state index is 11.4. The van der Waals surface area contributed by atoms with Gasteiger partial charge in [-0.3, -0.25) is 0 Å². The lowest BCUT2D eigenvalue weighted by Gasteiger charge is -2.20. The first kappa shape index (κ1) is 13.8. The summed E-state index contributed by atoms with van der Waals surface area (Å²) >= 11 is 0. The van der Waals surface area contributed by atoms with Gasteiger partial charge >= 0.3 is 5.97 Å². The highest BCUT2D eigenvalue weighted by Crippen LogP contribution is 2.13. The first-order valence-corrected chi connectivity index (χ1v) is 5.98. The normalized spacial score (nSPS) is 12.8. The summed E-state index contributed by atoms with van der Waals surface area (Å²) in [6, 6.07) is 2.24. The molecule has 0 saturated heterocycles. The summed E-state index contributed by atoms with van der Waals surface area (Å²) in [5, 5.41) is 3.42. The van der Waals surface area contributed by atoms with E-state index < -0.39 is 5.97 Å². The molecule has 0 aliphatic heterocycles. The summed E-state index contributed by atoms with van der Waals surface area (Å²) in [5.74, 6) is 0.427. The number of nitrogens with one attached hydrogen (secondary N) is 1. The molecule has 17 heavy (non-hydrogen) atoms. The average molecular weight is 239 g/mol. The SMILES string of the molecule is CCC(NCc1ccoc1C(=O)OC)C(C)C. The van der Waals surface area contributed by atoms with Gasteiger partial charge in [-0.1, -0.05) is 20.8 Å². The zero-order chi connectivity index (χ0) is 12.8. The van der Waals surface area contributed by atoms with Gasteiger partial charge in [0.1, 0.15) is 0 Å². The van der Waals surface area contributed by atoms with Gasteiger partial charge < -0.3 is 14.5 Å². The maximum Gasteiger partial charge on any atom is 0.374 e. The zero-order valence-corrected chi connectivity index (χ0v) is 10.9. The van der Waals surface area contributed by atoms with E-state index in [1.54, 1.807) is 6.07 Å². The van der Waals surface area contributed by atoms with Crippen molar-refractivity contribution in [3.8, 4) is 0 Å². The Balaban J connectivity index is 2.63. The van der Waals surface area contributed by atoms with E-state index in [1.165, 1.54) is 13.4 Å². The van der Waals surface area contributed by atoms with E-state index in [-0.39, 0.29) is 0 Å². The molecule has 1 heterocycles. The van der Waals surface area contributed by atoms with Crippen LogP contribution in [-0.2, 0) is 11.3 Å². The molecule has 1 unspecified atom stereocenters. The van der Waals surface area contributed by atoms with Crippen LogP contribution in [0.2, 0.25) is 0 Å². The predicted molar refractivity (Wildman–Crippen MR) is 65.8 cm³/mol. The van der Waals surface area contributed by atoms with Crippen LogP contribution in [-0.4, -0.2) is 19.1 Å². The fourth-order valence-corrected chi connectivity index (χ4v) is 1.84. The van der Waals surface area contributed by atoms with Crippen LogP contribution in [0.4, 0.5) is 0 Å². The van der Waals surface area contributed by atoms with Gasteiger partial charge in [0.05, 0.1) is 13.4 Å². The zero-order valence-electron chi connectivity index (χ0n) is 10.9. The van der Waals surface area contributed by atoms with Gasteiger partial charge in [-0.25, -0.2) is 4.79 Å². The second-order valence-corrected chi connectivity index (χ2v) is 4.41. The van der Waals surface area contributed by atoms with Crippen LogP contribution in [0.25, 0.3) is 0 Å². The Morgan fingerprint density at radius 3 is 2.76 bits per heavy atom. The number of hydrogen-bond acceptors (Lipinski definition) is 4. The minimum atomic E-state index is -0.426. The van der Waals surface area contributed by atoms with Crippen LogP contribution in [0, 0.1) is 5.92 Å². The molecule has 96 valence electrons. The molecule has 0 saturated carbocycles. The molecule has 0 amide bonds. The number of carbonyl (C=O) groups excluding carboxylic acids is 1. The van der Waals surface area contributed by atoms with E-state index in [0.717, 1.165) is 12.0 Å². The molecule has 1 rings (SSSR count). The van der Waals surface area contributed by atoms with Crippen LogP contribution in [0.5, 0.6) is 0 Å². The second kappa shape index (κ2) is 6.45. The molecule has 4 heteroatoms. The van der Waals surface area contributed by atoms with Gasteiger partial charge in [0, 0.05) is 18.2 Å². The fourth-order valence-electron chi connectivity index (χ4n) is 1.84. The molecule has 0 aromatic carbocycles. The first-order chi connectivity index (χ1) is 8.10. The van der Waals surface area contributed by atoms with Crippen LogP contribution < -0.4 is 5.32 Å². The van der Waals surface area contributed by atoms with Gasteiger partial charge in [0.15, 0.2) is 0 Å². The highest BCUT2D eigenvalue weighted by Gasteiger charge is 2.17. The summed E-state index contributed by atoms with van der Waals surface area (Å²) in [5.41, 5.74) is 0.843. The Bertz CT molecular complexity index is 357. The lowest BCUT2D eigenvalue weighted by atomic mass is 10.0. The summed E-state index contributed by atoms with van der Waals surface area (Å²) in [4.78, 5) is 11.4. The van der Waals surface area contributed by atoms with Crippen molar-refractivity contribution in [1.29, 1.82) is 0 Å². The molecule has 1 aromatic heterocycles. The van der Waals surface area contributed by atoms with Crippen molar-refractivity contribution in [2.24, 2.45) is 5.92 Å². The van der Waals surface area contributed by atoms with Gasteiger partial charge in [-0.15, -0.1) is 0 Å². The molecule has 0 aliphatic carbocycles.